The largest absolute Gasteiger partial charge is 0.397 e. The van der Waals surface area contributed by atoms with Crippen molar-refractivity contribution in [2.24, 2.45) is 4.99 Å². The lowest BCUT2D eigenvalue weighted by atomic mass is 10.1. The minimum Gasteiger partial charge on any atom is -0.397 e. The maximum Gasteiger partial charge on any atom is 0.0855 e. The van der Waals surface area contributed by atoms with E-state index >= 15 is 0 Å². The van der Waals surface area contributed by atoms with Crippen molar-refractivity contribution in [2.75, 3.05) is 10.6 Å². The van der Waals surface area contributed by atoms with Crippen LogP contribution in [-0.2, 0) is 6.42 Å². The number of nitrogens with two attached hydrogens (primary N) is 1. The van der Waals surface area contributed by atoms with Crippen LogP contribution in [0.1, 0.15) is 11.1 Å². The van der Waals surface area contributed by atoms with E-state index in [1.165, 1.54) is 32.9 Å². The molecule has 208 valence electrons. The fraction of sp³-hybridized carbons (Fsp3) is 0.0513. The van der Waals surface area contributed by atoms with Gasteiger partial charge in [-0.15, -0.1) is 0 Å². The van der Waals surface area contributed by atoms with Gasteiger partial charge in [0.1, 0.15) is 0 Å². The second-order valence-corrected chi connectivity index (χ2v) is 10.8. The summed E-state index contributed by atoms with van der Waals surface area (Å²) in [5.74, 6) is 0. The minimum atomic E-state index is 0.689. The first-order valence-corrected chi connectivity index (χ1v) is 14.6. The number of nitrogen functional groups attached to an aromatic ring is 1. The summed E-state index contributed by atoms with van der Waals surface area (Å²) in [5, 5.41) is 2.47. The summed E-state index contributed by atoms with van der Waals surface area (Å²) in [6.07, 6.45) is 2.66. The van der Waals surface area contributed by atoms with Crippen molar-refractivity contribution in [1.82, 2.24) is 4.57 Å². The van der Waals surface area contributed by atoms with Crippen LogP contribution in [0.5, 0.6) is 0 Å². The molecule has 0 radical (unpaired) electrons. The second kappa shape index (κ2) is 11.3. The molecule has 43 heavy (non-hydrogen) atoms. The molecule has 0 spiro atoms. The van der Waals surface area contributed by atoms with Gasteiger partial charge >= 0.3 is 0 Å². The molecule has 1 aromatic heterocycles. The van der Waals surface area contributed by atoms with E-state index in [0.29, 0.717) is 5.69 Å². The molecule has 0 fully saturated rings. The fourth-order valence-electron chi connectivity index (χ4n) is 5.78. The van der Waals surface area contributed by atoms with E-state index in [0.717, 1.165) is 34.9 Å². The van der Waals surface area contributed by atoms with Gasteiger partial charge in [0.25, 0.3) is 0 Å². The Bertz CT molecular complexity index is 2020. The molecule has 7 rings (SSSR count). The van der Waals surface area contributed by atoms with E-state index in [-0.39, 0.29) is 0 Å². The van der Waals surface area contributed by atoms with Crippen molar-refractivity contribution >= 4 is 56.5 Å². The molecule has 0 aliphatic heterocycles. The van der Waals surface area contributed by atoms with Crippen LogP contribution in [0.25, 0.3) is 27.5 Å². The molecule has 2 N–H and O–H groups in total. The first-order chi connectivity index (χ1) is 21.2. The Morgan fingerprint density at radius 2 is 1.23 bits per heavy atom. The van der Waals surface area contributed by atoms with E-state index < -0.39 is 0 Å². The van der Waals surface area contributed by atoms with Crippen LogP contribution in [0.3, 0.4) is 0 Å². The summed E-state index contributed by atoms with van der Waals surface area (Å²) in [4.78, 5) is 6.89. The van der Waals surface area contributed by atoms with Gasteiger partial charge in [0.15, 0.2) is 0 Å². The molecule has 1 heterocycles. The maximum atomic E-state index is 6.04. The number of hydrogen-bond acceptors (Lipinski definition) is 3. The topological polar surface area (TPSA) is 46.5 Å². The molecule has 0 aliphatic carbocycles. The summed E-state index contributed by atoms with van der Waals surface area (Å²) in [5.41, 5.74) is 16.9. The van der Waals surface area contributed by atoms with Crippen LogP contribution in [-0.4, -0.2) is 10.8 Å². The third-order valence-electron chi connectivity index (χ3n) is 7.88. The smallest absolute Gasteiger partial charge is 0.0855 e. The summed E-state index contributed by atoms with van der Waals surface area (Å²) >= 11 is 0. The Morgan fingerprint density at radius 1 is 0.628 bits per heavy atom. The highest BCUT2D eigenvalue weighted by atomic mass is 15.1. The van der Waals surface area contributed by atoms with Gasteiger partial charge in [-0.05, 0) is 91.3 Å². The average molecular weight is 557 g/mol. The summed E-state index contributed by atoms with van der Waals surface area (Å²) in [6, 6.07) is 51.1. The van der Waals surface area contributed by atoms with Crippen molar-refractivity contribution in [3.8, 4) is 5.69 Å². The number of para-hydroxylation sites is 4. The standard InChI is InChI=1S/C39H32N4/c1-28-16-22-38-34(26-28)35-27-33(42(30-10-4-2-5-11-30)31-12-6-3-7-13-31)21-23-39(35)43(38)32-19-17-29(18-20-32)24-25-41-37-15-9-8-14-36(37)40/h2-23,25-27H,24,40H2,1H3. The zero-order chi connectivity index (χ0) is 29.2. The number of aliphatic imine (C=N–C) groups is 1. The summed E-state index contributed by atoms with van der Waals surface area (Å²) in [7, 11) is 0. The molecule has 6 aromatic carbocycles. The molecule has 4 heteroatoms. The van der Waals surface area contributed by atoms with Gasteiger partial charge in [-0.1, -0.05) is 72.3 Å². The lowest BCUT2D eigenvalue weighted by Gasteiger charge is -2.25. The molecule has 0 aliphatic rings. The SMILES string of the molecule is Cc1ccc2c(c1)c1cc(N(c3ccccc3)c3ccccc3)ccc1n2-c1ccc(CC=Nc2ccccc2N)cc1. The molecular weight excluding hydrogens is 524 g/mol. The number of hydrogen-bond donors (Lipinski definition) is 1. The van der Waals surface area contributed by atoms with Crippen molar-refractivity contribution < 1.29 is 0 Å². The van der Waals surface area contributed by atoms with Crippen LogP contribution in [0.2, 0.25) is 0 Å². The molecule has 7 aromatic rings. The molecule has 0 unspecified atom stereocenters. The molecule has 0 saturated heterocycles. The maximum absolute atomic E-state index is 6.04. The van der Waals surface area contributed by atoms with Crippen molar-refractivity contribution in [2.45, 2.75) is 13.3 Å². The molecule has 0 amide bonds. The minimum absolute atomic E-state index is 0.689. The Balaban J connectivity index is 1.29. The monoisotopic (exact) mass is 556 g/mol. The predicted molar refractivity (Wildman–Crippen MR) is 183 cm³/mol. The van der Waals surface area contributed by atoms with Crippen LogP contribution in [0.4, 0.5) is 28.4 Å². The van der Waals surface area contributed by atoms with Gasteiger partial charge in [-0.25, -0.2) is 0 Å². The van der Waals surface area contributed by atoms with Crippen molar-refractivity contribution in [3.63, 3.8) is 0 Å². The first kappa shape index (κ1) is 26.3. The number of rotatable bonds is 7. The third-order valence-corrected chi connectivity index (χ3v) is 7.88. The highest BCUT2D eigenvalue weighted by Crippen LogP contribution is 2.39. The van der Waals surface area contributed by atoms with Crippen molar-refractivity contribution in [3.05, 3.63) is 157 Å². The van der Waals surface area contributed by atoms with Gasteiger partial charge < -0.3 is 15.2 Å². The van der Waals surface area contributed by atoms with Gasteiger partial charge in [-0.2, -0.15) is 0 Å². The van der Waals surface area contributed by atoms with E-state index in [9.17, 15) is 0 Å². The van der Waals surface area contributed by atoms with Crippen LogP contribution in [0, 0.1) is 6.92 Å². The molecule has 0 bridgehead atoms. The lowest BCUT2D eigenvalue weighted by molar-refractivity contribution is 1.17. The second-order valence-electron chi connectivity index (χ2n) is 10.8. The van der Waals surface area contributed by atoms with Gasteiger partial charge in [0.05, 0.1) is 22.4 Å². The highest BCUT2D eigenvalue weighted by Gasteiger charge is 2.17. The highest BCUT2D eigenvalue weighted by molar-refractivity contribution is 6.11. The number of aromatic nitrogens is 1. The van der Waals surface area contributed by atoms with Crippen LogP contribution >= 0.6 is 0 Å². The third kappa shape index (κ3) is 5.15. The normalized spacial score (nSPS) is 11.5. The molecular formula is C39H32N4. The quantitative estimate of drug-likeness (QED) is 0.157. The Kier molecular flexibility index (Phi) is 6.94. The zero-order valence-electron chi connectivity index (χ0n) is 24.1. The molecule has 4 nitrogen and oxygen atoms in total. The van der Waals surface area contributed by atoms with Crippen LogP contribution in [0.15, 0.2) is 151 Å². The average Bonchev–Trinajstić information content (AvgIpc) is 3.36. The van der Waals surface area contributed by atoms with E-state index in [1.807, 2.05) is 30.5 Å². The Labute approximate surface area is 252 Å². The van der Waals surface area contributed by atoms with E-state index in [2.05, 4.69) is 143 Å². The lowest BCUT2D eigenvalue weighted by Crippen LogP contribution is -2.09. The van der Waals surface area contributed by atoms with E-state index in [4.69, 9.17) is 5.73 Å². The molecule has 0 atom stereocenters. The number of anilines is 4. The van der Waals surface area contributed by atoms with E-state index in [1.54, 1.807) is 0 Å². The Hall–Kier alpha value is -5.61. The zero-order valence-corrected chi connectivity index (χ0v) is 24.1. The number of aryl methyl sites for hydroxylation is 1. The Morgan fingerprint density at radius 3 is 1.91 bits per heavy atom. The predicted octanol–water partition coefficient (Wildman–Crippen LogP) is 10.1. The van der Waals surface area contributed by atoms with Crippen molar-refractivity contribution in [1.29, 1.82) is 0 Å². The molecule has 0 saturated carbocycles. The number of benzene rings is 6. The first-order valence-electron chi connectivity index (χ1n) is 14.6. The van der Waals surface area contributed by atoms with Gasteiger partial charge in [-0.3, -0.25) is 4.99 Å². The number of fused-ring (bicyclic) bond motifs is 3. The summed E-state index contributed by atoms with van der Waals surface area (Å²) in [6.45, 7) is 2.16. The van der Waals surface area contributed by atoms with Crippen LogP contribution < -0.4 is 10.6 Å². The number of nitrogens with zero attached hydrogens (tertiary/aromatic N) is 3. The summed E-state index contributed by atoms with van der Waals surface area (Å²) < 4.78 is 2.37. The van der Waals surface area contributed by atoms with Gasteiger partial charge in [0.2, 0.25) is 0 Å². The fourth-order valence-corrected chi connectivity index (χ4v) is 5.78. The van der Waals surface area contributed by atoms with Gasteiger partial charge in [0, 0.05) is 46.2 Å².